The minimum atomic E-state index is -0.167. The van der Waals surface area contributed by atoms with E-state index in [4.69, 9.17) is 5.11 Å². The van der Waals surface area contributed by atoms with E-state index < -0.39 is 0 Å². The van der Waals surface area contributed by atoms with Crippen LogP contribution in [0.15, 0.2) is 0 Å². The lowest BCUT2D eigenvalue weighted by Crippen LogP contribution is -2.12. The van der Waals surface area contributed by atoms with Gasteiger partial charge in [-0.3, -0.25) is 4.79 Å². The molecule has 1 heterocycles. The second-order valence-corrected chi connectivity index (χ2v) is 2.55. The van der Waals surface area contributed by atoms with Gasteiger partial charge in [-0.25, -0.2) is 0 Å². The number of carbonyl (C=O) groups is 1. The summed E-state index contributed by atoms with van der Waals surface area (Å²) >= 11 is 0. The fourth-order valence-corrected chi connectivity index (χ4v) is 0.565. The Hall–Kier alpha value is -0.570. The van der Waals surface area contributed by atoms with E-state index >= 15 is 0 Å². The number of carbonyl (C=O) groups excluding carboxylic acids is 1. The van der Waals surface area contributed by atoms with Gasteiger partial charge >= 0.3 is 0 Å². The van der Waals surface area contributed by atoms with Gasteiger partial charge in [0.05, 0.1) is 0 Å². The normalized spacial score (nSPS) is 16.2. The van der Waals surface area contributed by atoms with E-state index in [1.807, 2.05) is 0 Å². The minimum absolute atomic E-state index is 0.167. The molecule has 1 saturated heterocycles. The molecule has 0 aromatic carbocycles. The zero-order valence-corrected chi connectivity index (χ0v) is 6.55. The van der Waals surface area contributed by atoms with Gasteiger partial charge in [0, 0.05) is 19.1 Å². The van der Waals surface area contributed by atoms with E-state index in [0.29, 0.717) is 0 Å². The fourth-order valence-electron chi connectivity index (χ4n) is 0.565. The second kappa shape index (κ2) is 5.23. The molecule has 1 aliphatic rings. The molecule has 0 spiro atoms. The van der Waals surface area contributed by atoms with Crippen molar-refractivity contribution in [1.29, 1.82) is 0 Å². The van der Waals surface area contributed by atoms with Crippen LogP contribution in [0.5, 0.6) is 0 Å². The molecule has 0 bridgehead atoms. The van der Waals surface area contributed by atoms with E-state index in [0.717, 1.165) is 19.4 Å². The van der Waals surface area contributed by atoms with Crippen molar-refractivity contribution in [3.63, 3.8) is 0 Å². The van der Waals surface area contributed by atoms with Gasteiger partial charge < -0.3 is 10.4 Å². The van der Waals surface area contributed by atoms with Crippen molar-refractivity contribution in [3.8, 4) is 0 Å². The Kier molecular flexibility index (Phi) is 4.94. The lowest BCUT2D eigenvalue weighted by Gasteiger charge is -1.80. The van der Waals surface area contributed by atoms with Crippen LogP contribution < -0.4 is 5.32 Å². The molecule has 0 unspecified atom stereocenters. The molecule has 0 aromatic rings. The zero-order chi connectivity index (χ0) is 7.98. The summed E-state index contributed by atoms with van der Waals surface area (Å²) in [6.45, 7) is 4.33. The van der Waals surface area contributed by atoms with Crippen LogP contribution in [0.3, 0.4) is 0 Å². The minimum Gasteiger partial charge on any atom is -0.394 e. The van der Waals surface area contributed by atoms with Gasteiger partial charge in [-0.15, -0.1) is 0 Å². The first-order valence-electron chi connectivity index (χ1n) is 3.57. The highest BCUT2D eigenvalue weighted by Crippen LogP contribution is 1.93. The Balaban J connectivity index is 0.000000180. The summed E-state index contributed by atoms with van der Waals surface area (Å²) in [6, 6.07) is 0. The SMILES string of the molecule is CC(C)O.O=C1CCCN1. The van der Waals surface area contributed by atoms with Crippen LogP contribution >= 0.6 is 0 Å². The molecule has 3 heteroatoms. The molecule has 0 saturated carbocycles. The molecule has 0 radical (unpaired) electrons. The average Bonchev–Trinajstić information content (AvgIpc) is 2.15. The summed E-state index contributed by atoms with van der Waals surface area (Å²) in [7, 11) is 0. The van der Waals surface area contributed by atoms with Gasteiger partial charge in [0.25, 0.3) is 0 Å². The third-order valence-corrected chi connectivity index (χ3v) is 0.903. The number of aliphatic hydroxyl groups is 1. The molecule has 1 fully saturated rings. The van der Waals surface area contributed by atoms with Gasteiger partial charge in [0.15, 0.2) is 0 Å². The number of amides is 1. The molecule has 1 aliphatic heterocycles. The summed E-state index contributed by atoms with van der Waals surface area (Å²) in [6.07, 6.45) is 1.60. The largest absolute Gasteiger partial charge is 0.394 e. The van der Waals surface area contributed by atoms with Crippen molar-refractivity contribution in [2.24, 2.45) is 0 Å². The van der Waals surface area contributed by atoms with Crippen molar-refractivity contribution >= 4 is 5.91 Å². The molecule has 1 amide bonds. The third-order valence-electron chi connectivity index (χ3n) is 0.903. The highest BCUT2D eigenvalue weighted by molar-refractivity contribution is 5.77. The number of aliphatic hydroxyl groups excluding tert-OH is 1. The third kappa shape index (κ3) is 7.43. The van der Waals surface area contributed by atoms with E-state index in [1.54, 1.807) is 13.8 Å². The van der Waals surface area contributed by atoms with Crippen molar-refractivity contribution in [2.45, 2.75) is 32.8 Å². The van der Waals surface area contributed by atoms with Crippen molar-refractivity contribution < 1.29 is 9.90 Å². The highest BCUT2D eigenvalue weighted by Gasteiger charge is 2.05. The standard InChI is InChI=1S/C4H7NO.C3H8O/c6-4-2-1-3-5-4;1-3(2)4/h1-3H2,(H,5,6);3-4H,1-2H3. The van der Waals surface area contributed by atoms with Gasteiger partial charge in [-0.1, -0.05) is 0 Å². The molecule has 1 rings (SSSR count). The summed E-state index contributed by atoms with van der Waals surface area (Å²) in [5.74, 6) is 0.204. The molecule has 10 heavy (non-hydrogen) atoms. The molecule has 0 aromatic heterocycles. The maximum absolute atomic E-state index is 10.1. The molecular weight excluding hydrogens is 130 g/mol. The monoisotopic (exact) mass is 145 g/mol. The Morgan fingerprint density at radius 3 is 2.20 bits per heavy atom. The first-order chi connectivity index (χ1) is 4.63. The Bertz CT molecular complexity index is 91.0. The number of rotatable bonds is 0. The van der Waals surface area contributed by atoms with Crippen LogP contribution in [-0.4, -0.2) is 23.7 Å². The van der Waals surface area contributed by atoms with E-state index in [1.165, 1.54) is 0 Å². The summed E-state index contributed by atoms with van der Waals surface area (Å²) < 4.78 is 0. The predicted molar refractivity (Wildman–Crippen MR) is 39.6 cm³/mol. The molecular formula is C7H15NO2. The van der Waals surface area contributed by atoms with Gasteiger partial charge in [0.2, 0.25) is 5.91 Å². The van der Waals surface area contributed by atoms with Gasteiger partial charge in [0.1, 0.15) is 0 Å². The Morgan fingerprint density at radius 1 is 1.60 bits per heavy atom. The molecule has 2 N–H and O–H groups in total. The first-order valence-corrected chi connectivity index (χ1v) is 3.57. The average molecular weight is 145 g/mol. The lowest BCUT2D eigenvalue weighted by molar-refractivity contribution is -0.119. The van der Waals surface area contributed by atoms with Crippen molar-refractivity contribution in [3.05, 3.63) is 0 Å². The molecule has 60 valence electrons. The molecule has 0 aliphatic carbocycles. The Labute approximate surface area is 61.4 Å². The van der Waals surface area contributed by atoms with Crippen LogP contribution in [0.4, 0.5) is 0 Å². The van der Waals surface area contributed by atoms with Crippen molar-refractivity contribution in [1.82, 2.24) is 5.32 Å². The van der Waals surface area contributed by atoms with Crippen LogP contribution in [0.25, 0.3) is 0 Å². The predicted octanol–water partition coefficient (Wildman–Crippen LogP) is 0.283. The number of hydrogen-bond donors (Lipinski definition) is 2. The lowest BCUT2D eigenvalue weighted by atomic mass is 10.4. The van der Waals surface area contributed by atoms with Gasteiger partial charge in [-0.05, 0) is 20.3 Å². The van der Waals surface area contributed by atoms with Crippen LogP contribution in [0, 0.1) is 0 Å². The quantitative estimate of drug-likeness (QED) is 0.514. The van der Waals surface area contributed by atoms with E-state index in [9.17, 15) is 4.79 Å². The second-order valence-electron chi connectivity index (χ2n) is 2.55. The van der Waals surface area contributed by atoms with E-state index in [-0.39, 0.29) is 12.0 Å². The topological polar surface area (TPSA) is 49.3 Å². The summed E-state index contributed by atoms with van der Waals surface area (Å²) in [5.41, 5.74) is 0. The van der Waals surface area contributed by atoms with Crippen LogP contribution in [-0.2, 0) is 4.79 Å². The smallest absolute Gasteiger partial charge is 0.220 e. The highest BCUT2D eigenvalue weighted by atomic mass is 16.3. The summed E-state index contributed by atoms with van der Waals surface area (Å²) in [5, 5.41) is 10.7. The first kappa shape index (κ1) is 9.43. The molecule has 0 atom stereocenters. The van der Waals surface area contributed by atoms with Gasteiger partial charge in [-0.2, -0.15) is 0 Å². The maximum Gasteiger partial charge on any atom is 0.220 e. The van der Waals surface area contributed by atoms with Crippen LogP contribution in [0.1, 0.15) is 26.7 Å². The zero-order valence-electron chi connectivity index (χ0n) is 6.55. The number of hydrogen-bond acceptors (Lipinski definition) is 2. The maximum atomic E-state index is 10.1. The van der Waals surface area contributed by atoms with Crippen molar-refractivity contribution in [2.75, 3.05) is 6.54 Å². The van der Waals surface area contributed by atoms with Crippen LogP contribution in [0.2, 0.25) is 0 Å². The molecule has 3 nitrogen and oxygen atoms in total. The Morgan fingerprint density at radius 2 is 2.10 bits per heavy atom. The van der Waals surface area contributed by atoms with E-state index in [2.05, 4.69) is 5.32 Å². The number of nitrogens with one attached hydrogen (secondary N) is 1. The summed E-state index contributed by atoms with van der Waals surface area (Å²) in [4.78, 5) is 10.1. The fraction of sp³-hybridized carbons (Fsp3) is 0.857.